The van der Waals surface area contributed by atoms with Crippen LogP contribution in [0.1, 0.15) is 40.2 Å². The predicted molar refractivity (Wildman–Crippen MR) is 120 cm³/mol. The molecule has 2 heterocycles. The maximum atomic E-state index is 11.8. The van der Waals surface area contributed by atoms with Crippen molar-refractivity contribution in [2.45, 2.75) is 19.3 Å². The van der Waals surface area contributed by atoms with E-state index in [-0.39, 0.29) is 41.0 Å². The first-order valence-corrected chi connectivity index (χ1v) is 10.0. The smallest absolute Gasteiger partial charge is 0.411 e. The first-order valence-electron chi connectivity index (χ1n) is 10.0. The average molecular weight is 436 g/mol. The van der Waals surface area contributed by atoms with E-state index in [1.807, 2.05) is 24.3 Å². The molecule has 0 amide bonds. The molecule has 0 unspecified atom stereocenters. The Bertz CT molecular complexity index is 1250. The molecule has 3 aromatic rings. The number of aryl methyl sites for hydroxylation is 2. The van der Waals surface area contributed by atoms with E-state index in [9.17, 15) is 10.0 Å². The third-order valence-corrected chi connectivity index (χ3v) is 5.60. The third kappa shape index (κ3) is 5.12. The summed E-state index contributed by atoms with van der Waals surface area (Å²) < 4.78 is 1.48. The quantitative estimate of drug-likeness (QED) is 0.273. The minimum atomic E-state index is -0.111. The van der Waals surface area contributed by atoms with Crippen molar-refractivity contribution in [2.24, 2.45) is 27.6 Å². The van der Waals surface area contributed by atoms with Gasteiger partial charge in [-0.05, 0) is 40.5 Å². The Kier molecular flexibility index (Phi) is 7.90. The van der Waals surface area contributed by atoms with Gasteiger partial charge in [-0.1, -0.05) is 53.7 Å². The van der Waals surface area contributed by atoms with Crippen LogP contribution in [0, 0.1) is 6.92 Å². The van der Waals surface area contributed by atoms with E-state index in [2.05, 4.69) is 51.8 Å². The molecule has 1 aromatic heterocycles. The summed E-state index contributed by atoms with van der Waals surface area (Å²) in [5.41, 5.74) is 6.37. The normalized spacial score (nSPS) is 14.1. The Morgan fingerprint density at radius 1 is 1.12 bits per heavy atom. The van der Waals surface area contributed by atoms with Crippen molar-refractivity contribution in [1.82, 2.24) is 4.57 Å². The molecule has 1 N–H and O–H groups in total. The Morgan fingerprint density at radius 2 is 1.88 bits per heavy atom. The van der Waals surface area contributed by atoms with Crippen LogP contribution in [-0.4, -0.2) is 27.7 Å². The van der Waals surface area contributed by atoms with Crippen molar-refractivity contribution in [3.8, 4) is 0 Å². The molecular formula is C24H23N5NaO2+. The topological polar surface area (TPSA) is 91.7 Å². The Balaban J connectivity index is 0.00000289. The molecule has 0 spiro atoms. The van der Waals surface area contributed by atoms with Gasteiger partial charge in [-0.25, -0.2) is 0 Å². The number of oxime groups is 1. The zero-order valence-electron chi connectivity index (χ0n) is 18.4. The second-order valence-corrected chi connectivity index (χ2v) is 7.58. The number of benzene rings is 2. The molecule has 0 aliphatic carbocycles. The third-order valence-electron chi connectivity index (χ3n) is 5.60. The standard InChI is InChI=1S/C24H23N5O2.Na/c1-16-5-3-4-6-20(16)21(13-22(27-31)19-11-12-24(30)29(2)15-19)17-7-9-18(10-8-17)23-14-25-28-26-23;/h3-12,15,21,31H,13-14H2,1-2H3;/q;+1/b27-22+;/t21-;/m1./s1. The second-order valence-electron chi connectivity index (χ2n) is 7.58. The van der Waals surface area contributed by atoms with Crippen LogP contribution in [-0.2, 0) is 7.05 Å². The van der Waals surface area contributed by atoms with Crippen LogP contribution in [0.2, 0.25) is 0 Å². The molecule has 1 atom stereocenters. The first kappa shape index (κ1) is 23.8. The SMILES string of the molecule is Cc1ccccc1[C@H](C/C(=N\O)c1ccc(=O)n(C)c1)c1ccc(C2=NN=NC2)cc1.[Na+]. The molecule has 1 aliphatic heterocycles. The monoisotopic (exact) mass is 436 g/mol. The minimum Gasteiger partial charge on any atom is -0.411 e. The van der Waals surface area contributed by atoms with E-state index in [1.165, 1.54) is 10.6 Å². The Labute approximate surface area is 208 Å². The molecule has 7 nitrogen and oxygen atoms in total. The summed E-state index contributed by atoms with van der Waals surface area (Å²) in [5.74, 6) is -0.0294. The van der Waals surface area contributed by atoms with Gasteiger partial charge in [0.1, 0.15) is 6.54 Å². The summed E-state index contributed by atoms with van der Waals surface area (Å²) in [6, 6.07) is 19.6. The zero-order valence-corrected chi connectivity index (χ0v) is 20.4. The Hall–Kier alpha value is -2.87. The van der Waals surface area contributed by atoms with Gasteiger partial charge in [0.25, 0.3) is 0 Å². The van der Waals surface area contributed by atoms with E-state index in [4.69, 9.17) is 0 Å². The van der Waals surface area contributed by atoms with Gasteiger partial charge in [-0.3, -0.25) is 4.79 Å². The van der Waals surface area contributed by atoms with Crippen LogP contribution < -0.4 is 35.1 Å². The molecule has 0 bridgehead atoms. The number of nitrogens with zero attached hydrogens (tertiary/aromatic N) is 5. The van der Waals surface area contributed by atoms with Crippen LogP contribution in [0.25, 0.3) is 0 Å². The summed E-state index contributed by atoms with van der Waals surface area (Å²) in [4.78, 5) is 11.8. The van der Waals surface area contributed by atoms with Crippen molar-refractivity contribution in [2.75, 3.05) is 6.54 Å². The van der Waals surface area contributed by atoms with Crippen molar-refractivity contribution in [1.29, 1.82) is 0 Å². The number of hydrogen-bond donors (Lipinski definition) is 1. The summed E-state index contributed by atoms with van der Waals surface area (Å²) in [6.07, 6.45) is 2.17. The van der Waals surface area contributed by atoms with Gasteiger partial charge in [0.15, 0.2) is 0 Å². The minimum absolute atomic E-state index is 0. The number of aromatic nitrogens is 1. The molecule has 0 saturated carbocycles. The van der Waals surface area contributed by atoms with Crippen molar-refractivity contribution < 1.29 is 34.8 Å². The van der Waals surface area contributed by atoms with Gasteiger partial charge >= 0.3 is 29.6 Å². The van der Waals surface area contributed by atoms with Gasteiger partial charge in [0, 0.05) is 37.2 Å². The molecule has 2 aromatic carbocycles. The van der Waals surface area contributed by atoms with E-state index < -0.39 is 0 Å². The van der Waals surface area contributed by atoms with Gasteiger partial charge in [0.2, 0.25) is 5.56 Å². The maximum Gasteiger partial charge on any atom is 1.00 e. The molecule has 156 valence electrons. The van der Waals surface area contributed by atoms with Crippen LogP contribution in [0.5, 0.6) is 0 Å². The van der Waals surface area contributed by atoms with E-state index in [0.29, 0.717) is 24.2 Å². The summed E-state index contributed by atoms with van der Waals surface area (Å²) in [7, 11) is 1.68. The predicted octanol–water partition coefficient (Wildman–Crippen LogP) is 1.27. The van der Waals surface area contributed by atoms with Gasteiger partial charge < -0.3 is 9.77 Å². The van der Waals surface area contributed by atoms with Gasteiger partial charge in [0.05, 0.1) is 11.4 Å². The number of pyridine rings is 1. The largest absolute Gasteiger partial charge is 1.00 e. The Morgan fingerprint density at radius 3 is 2.50 bits per heavy atom. The van der Waals surface area contributed by atoms with E-state index in [1.54, 1.807) is 19.3 Å². The number of rotatable bonds is 6. The van der Waals surface area contributed by atoms with Crippen molar-refractivity contribution in [3.05, 3.63) is 105 Å². The summed E-state index contributed by atoms with van der Waals surface area (Å²) in [6.45, 7) is 2.57. The fourth-order valence-electron chi connectivity index (χ4n) is 3.83. The molecule has 4 rings (SSSR count). The summed E-state index contributed by atoms with van der Waals surface area (Å²) >= 11 is 0. The fourth-order valence-corrected chi connectivity index (χ4v) is 3.83. The molecule has 0 saturated heterocycles. The van der Waals surface area contributed by atoms with Crippen LogP contribution in [0.15, 0.2) is 92.2 Å². The van der Waals surface area contributed by atoms with Gasteiger partial charge in [-0.15, -0.1) is 5.10 Å². The van der Waals surface area contributed by atoms with Crippen LogP contribution >= 0.6 is 0 Å². The van der Waals surface area contributed by atoms with E-state index >= 15 is 0 Å². The maximum absolute atomic E-state index is 11.8. The zero-order chi connectivity index (χ0) is 21.8. The van der Waals surface area contributed by atoms with E-state index in [0.717, 1.165) is 28.0 Å². The fraction of sp³-hybridized carbons (Fsp3) is 0.208. The average Bonchev–Trinajstić information content (AvgIpc) is 3.33. The van der Waals surface area contributed by atoms with Gasteiger partial charge in [-0.2, -0.15) is 5.11 Å². The molecule has 1 aliphatic rings. The molecular weight excluding hydrogens is 413 g/mol. The molecule has 8 heteroatoms. The number of hydrogen-bond acceptors (Lipinski definition) is 6. The molecule has 0 fully saturated rings. The second kappa shape index (κ2) is 10.6. The van der Waals surface area contributed by atoms with Crippen LogP contribution in [0.3, 0.4) is 0 Å². The van der Waals surface area contributed by atoms with Crippen LogP contribution in [0.4, 0.5) is 0 Å². The molecule has 32 heavy (non-hydrogen) atoms. The van der Waals surface area contributed by atoms with Crippen molar-refractivity contribution >= 4 is 11.4 Å². The molecule has 0 radical (unpaired) electrons. The van der Waals surface area contributed by atoms with Crippen molar-refractivity contribution in [3.63, 3.8) is 0 Å². The summed E-state index contributed by atoms with van der Waals surface area (Å²) in [5, 5.41) is 25.1. The first-order chi connectivity index (χ1) is 15.1.